The molecule has 0 saturated heterocycles. The number of aromatic nitrogens is 3. The molecule has 0 fully saturated rings. The maximum atomic E-state index is 9.13. The van der Waals surface area contributed by atoms with Gasteiger partial charge in [0, 0.05) is 12.4 Å². The summed E-state index contributed by atoms with van der Waals surface area (Å²) in [6.45, 7) is 1.92. The van der Waals surface area contributed by atoms with E-state index in [9.17, 15) is 0 Å². The molecule has 0 aliphatic rings. The van der Waals surface area contributed by atoms with Gasteiger partial charge in [-0.05, 0) is 31.2 Å². The minimum atomic E-state index is -0.205. The van der Waals surface area contributed by atoms with Crippen molar-refractivity contribution in [1.29, 1.82) is 5.26 Å². The predicted molar refractivity (Wildman–Crippen MR) is 73.2 cm³/mol. The third kappa shape index (κ3) is 2.08. The molecule has 0 aliphatic heterocycles. The van der Waals surface area contributed by atoms with Gasteiger partial charge in [0.2, 0.25) is 0 Å². The Morgan fingerprint density at radius 1 is 1.30 bits per heavy atom. The first-order valence-electron chi connectivity index (χ1n) is 6.23. The Labute approximate surface area is 116 Å². The molecule has 0 amide bonds. The van der Waals surface area contributed by atoms with E-state index in [1.807, 2.05) is 37.3 Å². The van der Waals surface area contributed by atoms with E-state index in [4.69, 9.17) is 10.00 Å². The van der Waals surface area contributed by atoms with Crippen molar-refractivity contribution in [2.75, 3.05) is 0 Å². The van der Waals surface area contributed by atoms with E-state index in [1.165, 1.54) is 6.20 Å². The van der Waals surface area contributed by atoms with Crippen LogP contribution in [0.2, 0.25) is 0 Å². The van der Waals surface area contributed by atoms with Crippen LogP contribution in [0.25, 0.3) is 5.52 Å². The van der Waals surface area contributed by atoms with Gasteiger partial charge in [-0.25, -0.2) is 4.52 Å². The van der Waals surface area contributed by atoms with Crippen LogP contribution in [0.5, 0.6) is 5.75 Å². The predicted octanol–water partition coefficient (Wildman–Crippen LogP) is 2.74. The number of nitrogens with zero attached hydrogens (tertiary/aromatic N) is 4. The summed E-state index contributed by atoms with van der Waals surface area (Å²) in [7, 11) is 0. The Balaban J connectivity index is 1.99. The largest absolute Gasteiger partial charge is 0.482 e. The fourth-order valence-corrected chi connectivity index (χ4v) is 2.06. The van der Waals surface area contributed by atoms with Crippen LogP contribution in [0.15, 0.2) is 48.9 Å². The minimum Gasteiger partial charge on any atom is -0.482 e. The summed E-state index contributed by atoms with van der Waals surface area (Å²) in [5.41, 5.74) is 2.01. The highest BCUT2D eigenvalue weighted by molar-refractivity contribution is 5.68. The number of ether oxygens (including phenoxy) is 1. The summed E-state index contributed by atoms with van der Waals surface area (Å²) in [4.78, 5) is 4.27. The first kappa shape index (κ1) is 12.2. The number of rotatable bonds is 3. The van der Waals surface area contributed by atoms with E-state index >= 15 is 0 Å². The molecule has 0 aliphatic carbocycles. The average molecular weight is 264 g/mol. The van der Waals surface area contributed by atoms with E-state index in [-0.39, 0.29) is 6.10 Å². The van der Waals surface area contributed by atoms with Crippen molar-refractivity contribution in [3.63, 3.8) is 0 Å². The highest BCUT2D eigenvalue weighted by Crippen LogP contribution is 2.27. The third-order valence-corrected chi connectivity index (χ3v) is 3.03. The Kier molecular flexibility index (Phi) is 3.05. The highest BCUT2D eigenvalue weighted by atomic mass is 16.5. The van der Waals surface area contributed by atoms with Crippen molar-refractivity contribution in [3.05, 3.63) is 60.2 Å². The lowest BCUT2D eigenvalue weighted by molar-refractivity contribution is 0.224. The van der Waals surface area contributed by atoms with Gasteiger partial charge in [0.15, 0.2) is 0 Å². The summed E-state index contributed by atoms with van der Waals surface area (Å²) in [6, 6.07) is 11.5. The van der Waals surface area contributed by atoms with Crippen LogP contribution in [0, 0.1) is 11.3 Å². The lowest BCUT2D eigenvalue weighted by Gasteiger charge is -2.14. The third-order valence-electron chi connectivity index (χ3n) is 3.03. The summed E-state index contributed by atoms with van der Waals surface area (Å²) >= 11 is 0. The molecule has 98 valence electrons. The number of nitriles is 1. The molecule has 20 heavy (non-hydrogen) atoms. The van der Waals surface area contributed by atoms with Crippen LogP contribution in [0.3, 0.4) is 0 Å². The molecule has 5 nitrogen and oxygen atoms in total. The molecule has 1 atom stereocenters. The Hall–Kier alpha value is -2.87. The molecule has 0 bridgehead atoms. The van der Waals surface area contributed by atoms with Gasteiger partial charge in [0.1, 0.15) is 29.0 Å². The molecule has 3 rings (SSSR count). The fraction of sp³-hybridized carbons (Fsp3) is 0.133. The normalized spacial score (nSPS) is 12.0. The zero-order chi connectivity index (χ0) is 13.9. The molecular formula is C15H12N4O. The lowest BCUT2D eigenvalue weighted by atomic mass is 10.2. The summed E-state index contributed by atoms with van der Waals surface area (Å²) < 4.78 is 7.58. The van der Waals surface area contributed by atoms with E-state index in [0.717, 1.165) is 5.69 Å². The minimum absolute atomic E-state index is 0.205. The van der Waals surface area contributed by atoms with Crippen LogP contribution in [0.1, 0.15) is 24.3 Å². The summed E-state index contributed by atoms with van der Waals surface area (Å²) in [5.74, 6) is 0.625. The van der Waals surface area contributed by atoms with Crippen LogP contribution in [-0.4, -0.2) is 14.6 Å². The van der Waals surface area contributed by atoms with Crippen LogP contribution < -0.4 is 4.74 Å². The first-order valence-corrected chi connectivity index (χ1v) is 6.23. The van der Waals surface area contributed by atoms with E-state index < -0.39 is 0 Å². The SMILES string of the molecule is C[C@@H](Oc1cccn2ncc(C#N)c12)c1ccccn1. The van der Waals surface area contributed by atoms with Crippen molar-refractivity contribution in [1.82, 2.24) is 14.6 Å². The van der Waals surface area contributed by atoms with Gasteiger partial charge < -0.3 is 4.74 Å². The molecule has 5 heteroatoms. The quantitative estimate of drug-likeness (QED) is 0.729. The van der Waals surface area contributed by atoms with Crippen LogP contribution in [0.4, 0.5) is 0 Å². The highest BCUT2D eigenvalue weighted by Gasteiger charge is 2.14. The molecule has 0 aromatic carbocycles. The van der Waals surface area contributed by atoms with Gasteiger partial charge in [0.25, 0.3) is 0 Å². The Morgan fingerprint density at radius 3 is 2.95 bits per heavy atom. The van der Waals surface area contributed by atoms with Gasteiger partial charge in [-0.2, -0.15) is 10.4 Å². The van der Waals surface area contributed by atoms with Gasteiger partial charge in [-0.3, -0.25) is 4.98 Å². The topological polar surface area (TPSA) is 63.2 Å². The van der Waals surface area contributed by atoms with Crippen LogP contribution >= 0.6 is 0 Å². The Morgan fingerprint density at radius 2 is 2.20 bits per heavy atom. The number of hydrogen-bond acceptors (Lipinski definition) is 4. The monoisotopic (exact) mass is 264 g/mol. The first-order chi connectivity index (χ1) is 9.79. The van der Waals surface area contributed by atoms with Gasteiger partial charge in [0.05, 0.1) is 11.9 Å². The zero-order valence-electron chi connectivity index (χ0n) is 10.9. The van der Waals surface area contributed by atoms with E-state index in [1.54, 1.807) is 16.9 Å². The maximum absolute atomic E-state index is 9.13. The summed E-state index contributed by atoms with van der Waals surface area (Å²) in [5, 5.41) is 13.3. The number of pyridine rings is 2. The molecule has 3 aromatic rings. The second kappa shape index (κ2) is 5.02. The van der Waals surface area contributed by atoms with Crippen molar-refractivity contribution >= 4 is 5.52 Å². The van der Waals surface area contributed by atoms with Gasteiger partial charge >= 0.3 is 0 Å². The number of fused-ring (bicyclic) bond motifs is 1. The average Bonchev–Trinajstić information content (AvgIpc) is 2.92. The maximum Gasteiger partial charge on any atom is 0.147 e. The second-order valence-electron chi connectivity index (χ2n) is 4.35. The van der Waals surface area contributed by atoms with E-state index in [0.29, 0.717) is 16.8 Å². The van der Waals surface area contributed by atoms with Crippen molar-refractivity contribution in [2.45, 2.75) is 13.0 Å². The van der Waals surface area contributed by atoms with Crippen molar-refractivity contribution in [3.8, 4) is 11.8 Å². The standard InChI is InChI=1S/C15H12N4O/c1-11(13-5-2-3-7-17-13)20-14-6-4-8-19-15(14)12(9-16)10-18-19/h2-8,10-11H,1H3/t11-/m1/s1. The number of hydrogen-bond donors (Lipinski definition) is 0. The molecule has 0 radical (unpaired) electrons. The molecule has 0 unspecified atom stereocenters. The van der Waals surface area contributed by atoms with E-state index in [2.05, 4.69) is 16.2 Å². The van der Waals surface area contributed by atoms with Crippen LogP contribution in [-0.2, 0) is 0 Å². The molecular weight excluding hydrogens is 252 g/mol. The van der Waals surface area contributed by atoms with Crippen molar-refractivity contribution < 1.29 is 4.74 Å². The smallest absolute Gasteiger partial charge is 0.147 e. The lowest BCUT2D eigenvalue weighted by Crippen LogP contribution is -2.06. The fourth-order valence-electron chi connectivity index (χ4n) is 2.06. The molecule has 0 spiro atoms. The molecule has 3 heterocycles. The molecule has 0 N–H and O–H groups in total. The van der Waals surface area contributed by atoms with Gasteiger partial charge in [-0.1, -0.05) is 6.07 Å². The summed E-state index contributed by atoms with van der Waals surface area (Å²) in [6.07, 6.45) is 4.85. The molecule has 0 saturated carbocycles. The van der Waals surface area contributed by atoms with Crippen molar-refractivity contribution in [2.24, 2.45) is 0 Å². The zero-order valence-corrected chi connectivity index (χ0v) is 10.9. The Bertz CT molecular complexity index is 773. The second-order valence-corrected chi connectivity index (χ2v) is 4.35. The molecule has 3 aromatic heterocycles. The van der Waals surface area contributed by atoms with Gasteiger partial charge in [-0.15, -0.1) is 0 Å².